The van der Waals surface area contributed by atoms with E-state index in [1.54, 1.807) is 0 Å². The van der Waals surface area contributed by atoms with Gasteiger partial charge in [0.1, 0.15) is 6.04 Å². The Hall–Kier alpha value is -1.26. The third-order valence-corrected chi connectivity index (χ3v) is 1.07. The molecule has 0 bridgehead atoms. The van der Waals surface area contributed by atoms with Crippen molar-refractivity contribution >= 4 is 12.1 Å². The molecule has 0 unspecified atom stereocenters. The Labute approximate surface area is 64.7 Å². The van der Waals surface area contributed by atoms with Gasteiger partial charge in [-0.3, -0.25) is 0 Å². The Kier molecular flexibility index (Phi) is 4.02. The van der Waals surface area contributed by atoms with Gasteiger partial charge in [-0.15, -0.1) is 0 Å². The van der Waals surface area contributed by atoms with Crippen molar-refractivity contribution in [2.45, 2.75) is 13.0 Å². The number of hydrogen-bond donors (Lipinski definition) is 1. The molecule has 64 valence electrons. The van der Waals surface area contributed by atoms with E-state index < -0.39 is 18.1 Å². The van der Waals surface area contributed by atoms with Gasteiger partial charge in [-0.05, 0) is 6.92 Å². The van der Waals surface area contributed by atoms with E-state index >= 15 is 0 Å². The second-order valence-electron chi connectivity index (χ2n) is 1.88. The van der Waals surface area contributed by atoms with Crippen LogP contribution >= 0.6 is 0 Å². The van der Waals surface area contributed by atoms with Crippen LogP contribution in [-0.4, -0.2) is 32.3 Å². The summed E-state index contributed by atoms with van der Waals surface area (Å²) in [4.78, 5) is 21.2. The van der Waals surface area contributed by atoms with Crippen molar-refractivity contribution in [3.63, 3.8) is 0 Å². The number of carbonyl (C=O) groups is 2. The van der Waals surface area contributed by atoms with E-state index in [2.05, 4.69) is 14.8 Å². The number of nitrogens with one attached hydrogen (secondary N) is 1. The SMILES string of the molecule is COC(=O)N[C@@H](C)C(=O)OC. The zero-order valence-corrected chi connectivity index (χ0v) is 6.71. The maximum absolute atomic E-state index is 10.7. The molecule has 5 heteroatoms. The maximum atomic E-state index is 10.7. The predicted octanol–water partition coefficient (Wildman–Crippen LogP) is -0.0961. The van der Waals surface area contributed by atoms with E-state index in [-0.39, 0.29) is 0 Å². The lowest BCUT2D eigenvalue weighted by molar-refractivity contribution is -0.142. The first-order valence-corrected chi connectivity index (χ1v) is 3.04. The van der Waals surface area contributed by atoms with Gasteiger partial charge in [-0.1, -0.05) is 0 Å². The topological polar surface area (TPSA) is 64.6 Å². The first-order valence-electron chi connectivity index (χ1n) is 3.04. The van der Waals surface area contributed by atoms with Crippen LogP contribution in [-0.2, 0) is 14.3 Å². The summed E-state index contributed by atoms with van der Waals surface area (Å²) in [6.45, 7) is 1.50. The van der Waals surface area contributed by atoms with Gasteiger partial charge < -0.3 is 14.8 Å². The largest absolute Gasteiger partial charge is 0.467 e. The molecule has 0 aromatic heterocycles. The Morgan fingerprint density at radius 1 is 1.27 bits per heavy atom. The number of ether oxygens (including phenoxy) is 2. The first kappa shape index (κ1) is 9.74. The summed E-state index contributed by atoms with van der Waals surface area (Å²) in [6.07, 6.45) is -0.650. The molecule has 1 amide bonds. The van der Waals surface area contributed by atoms with E-state index in [9.17, 15) is 9.59 Å². The van der Waals surface area contributed by atoms with Gasteiger partial charge in [0.2, 0.25) is 0 Å². The van der Waals surface area contributed by atoms with Crippen molar-refractivity contribution in [1.29, 1.82) is 0 Å². The van der Waals surface area contributed by atoms with Crippen LogP contribution in [0.5, 0.6) is 0 Å². The zero-order chi connectivity index (χ0) is 8.85. The van der Waals surface area contributed by atoms with E-state index in [4.69, 9.17) is 0 Å². The van der Waals surface area contributed by atoms with Crippen LogP contribution in [0.3, 0.4) is 0 Å². The summed E-state index contributed by atoms with van der Waals surface area (Å²) in [6, 6.07) is -0.674. The van der Waals surface area contributed by atoms with Gasteiger partial charge in [-0.25, -0.2) is 9.59 Å². The third kappa shape index (κ3) is 3.44. The van der Waals surface area contributed by atoms with Gasteiger partial charge in [0.15, 0.2) is 0 Å². The monoisotopic (exact) mass is 161 g/mol. The molecule has 0 aliphatic rings. The van der Waals surface area contributed by atoms with E-state index in [1.807, 2.05) is 0 Å². The summed E-state index contributed by atoms with van der Waals surface area (Å²) in [5.74, 6) is -0.504. The molecular formula is C6H11NO4. The minimum atomic E-state index is -0.674. The lowest BCUT2D eigenvalue weighted by atomic mass is 10.3. The number of methoxy groups -OCH3 is 2. The molecule has 0 saturated carbocycles. The van der Waals surface area contributed by atoms with Crippen molar-refractivity contribution in [2.24, 2.45) is 0 Å². The molecule has 1 N–H and O–H groups in total. The van der Waals surface area contributed by atoms with Crippen LogP contribution < -0.4 is 5.32 Å². The highest BCUT2D eigenvalue weighted by atomic mass is 16.5. The molecule has 0 radical (unpaired) electrons. The number of amides is 1. The molecule has 0 aromatic carbocycles. The molecule has 0 spiro atoms. The average molecular weight is 161 g/mol. The molecule has 0 aliphatic heterocycles. The van der Waals surface area contributed by atoms with Gasteiger partial charge in [-0.2, -0.15) is 0 Å². The lowest BCUT2D eigenvalue weighted by Gasteiger charge is -2.09. The highest BCUT2D eigenvalue weighted by Gasteiger charge is 2.15. The minimum Gasteiger partial charge on any atom is -0.467 e. The highest BCUT2D eigenvalue weighted by molar-refractivity contribution is 5.80. The number of carbonyl (C=O) groups excluding carboxylic acids is 2. The van der Waals surface area contributed by atoms with Crippen molar-refractivity contribution in [2.75, 3.05) is 14.2 Å². The van der Waals surface area contributed by atoms with Crippen LogP contribution in [0, 0.1) is 0 Å². The van der Waals surface area contributed by atoms with Crippen LogP contribution in [0.15, 0.2) is 0 Å². The fourth-order valence-electron chi connectivity index (χ4n) is 0.471. The molecule has 0 aromatic rings. The highest BCUT2D eigenvalue weighted by Crippen LogP contribution is 1.85. The van der Waals surface area contributed by atoms with Gasteiger partial charge in [0, 0.05) is 0 Å². The van der Waals surface area contributed by atoms with Crippen LogP contribution in [0.25, 0.3) is 0 Å². The normalized spacial score (nSPS) is 11.5. The third-order valence-electron chi connectivity index (χ3n) is 1.07. The summed E-state index contributed by atoms with van der Waals surface area (Å²) in [7, 11) is 2.47. The van der Waals surface area contributed by atoms with Gasteiger partial charge in [0.25, 0.3) is 0 Å². The van der Waals surface area contributed by atoms with Gasteiger partial charge in [0.05, 0.1) is 14.2 Å². The molecule has 11 heavy (non-hydrogen) atoms. The van der Waals surface area contributed by atoms with Crippen LogP contribution in [0.2, 0.25) is 0 Å². The van der Waals surface area contributed by atoms with Crippen LogP contribution in [0.4, 0.5) is 4.79 Å². The Morgan fingerprint density at radius 3 is 2.18 bits per heavy atom. The summed E-state index contributed by atoms with van der Waals surface area (Å²) in [5.41, 5.74) is 0. The van der Waals surface area contributed by atoms with E-state index in [0.717, 1.165) is 0 Å². The molecule has 1 atom stereocenters. The van der Waals surface area contributed by atoms with Crippen molar-refractivity contribution in [1.82, 2.24) is 5.32 Å². The quantitative estimate of drug-likeness (QED) is 0.574. The minimum absolute atomic E-state index is 0.504. The van der Waals surface area contributed by atoms with Crippen LogP contribution in [0.1, 0.15) is 6.92 Å². The van der Waals surface area contributed by atoms with Gasteiger partial charge >= 0.3 is 12.1 Å². The average Bonchev–Trinajstić information content (AvgIpc) is 2.02. The fraction of sp³-hybridized carbons (Fsp3) is 0.667. The van der Waals surface area contributed by atoms with E-state index in [1.165, 1.54) is 21.1 Å². The molecule has 5 nitrogen and oxygen atoms in total. The number of hydrogen-bond acceptors (Lipinski definition) is 4. The number of rotatable bonds is 2. The Morgan fingerprint density at radius 2 is 1.82 bits per heavy atom. The summed E-state index contributed by atoms with van der Waals surface area (Å²) >= 11 is 0. The summed E-state index contributed by atoms with van der Waals surface area (Å²) in [5, 5.41) is 2.24. The lowest BCUT2D eigenvalue weighted by Crippen LogP contribution is -2.38. The molecule has 0 rings (SSSR count). The summed E-state index contributed by atoms with van der Waals surface area (Å²) < 4.78 is 8.61. The Balaban J connectivity index is 3.77. The van der Waals surface area contributed by atoms with E-state index in [0.29, 0.717) is 0 Å². The Bertz CT molecular complexity index is 157. The molecule has 0 heterocycles. The molecule has 0 aliphatic carbocycles. The molecule has 0 fully saturated rings. The first-order chi connectivity index (χ1) is 5.11. The smallest absolute Gasteiger partial charge is 0.407 e. The van der Waals surface area contributed by atoms with Crippen molar-refractivity contribution in [3.8, 4) is 0 Å². The standard InChI is InChI=1S/C6H11NO4/c1-4(5(8)10-2)7-6(9)11-3/h4H,1-3H3,(H,7,9)/t4-/m0/s1. The fourth-order valence-corrected chi connectivity index (χ4v) is 0.471. The predicted molar refractivity (Wildman–Crippen MR) is 37.0 cm³/mol. The number of alkyl carbamates (subject to hydrolysis) is 1. The van der Waals surface area contributed by atoms with Crippen molar-refractivity contribution < 1.29 is 19.1 Å². The molecule has 0 saturated heterocycles. The molecular weight excluding hydrogens is 150 g/mol. The zero-order valence-electron chi connectivity index (χ0n) is 6.71. The number of esters is 1. The van der Waals surface area contributed by atoms with Crippen molar-refractivity contribution in [3.05, 3.63) is 0 Å². The second kappa shape index (κ2) is 4.54. The maximum Gasteiger partial charge on any atom is 0.407 e. The second-order valence-corrected chi connectivity index (χ2v) is 1.88.